The maximum atomic E-state index is 5.63. The third kappa shape index (κ3) is 5.89. The van der Waals surface area contributed by atoms with Crippen LogP contribution < -0.4 is 5.73 Å². The highest BCUT2D eigenvalue weighted by atomic mass is 15.1. The van der Waals surface area contributed by atoms with Crippen molar-refractivity contribution in [2.45, 2.75) is 20.3 Å². The van der Waals surface area contributed by atoms with Crippen LogP contribution in [-0.2, 0) is 0 Å². The maximum Gasteiger partial charge on any atom is 0.0227 e. The van der Waals surface area contributed by atoms with Crippen molar-refractivity contribution in [3.8, 4) is 0 Å². The average Bonchev–Trinajstić information content (AvgIpc) is 2.76. The van der Waals surface area contributed by atoms with Gasteiger partial charge in [-0.1, -0.05) is 45.2 Å². The summed E-state index contributed by atoms with van der Waals surface area (Å²) < 4.78 is 0. The number of likely N-dealkylation sites (tertiary alicyclic amines) is 1. The molecule has 1 aliphatic rings. The van der Waals surface area contributed by atoms with Gasteiger partial charge in [-0.15, -0.1) is 0 Å². The second kappa shape index (κ2) is 9.37. The van der Waals surface area contributed by atoms with Crippen LogP contribution >= 0.6 is 0 Å². The Hall–Kier alpha value is -0.860. The predicted octanol–water partition coefficient (Wildman–Crippen LogP) is 2.59. The molecule has 0 aliphatic carbocycles. The number of rotatable bonds is 5. The van der Waals surface area contributed by atoms with Gasteiger partial charge in [0, 0.05) is 13.1 Å². The summed E-state index contributed by atoms with van der Waals surface area (Å²) in [6, 6.07) is 0. The van der Waals surface area contributed by atoms with Crippen LogP contribution in [0.3, 0.4) is 0 Å². The first-order chi connectivity index (χ1) is 7.76. The Morgan fingerprint density at radius 2 is 2.19 bits per heavy atom. The Morgan fingerprint density at radius 3 is 2.69 bits per heavy atom. The van der Waals surface area contributed by atoms with E-state index in [0.29, 0.717) is 5.92 Å². The number of nitrogens with two attached hydrogens (primary N) is 1. The van der Waals surface area contributed by atoms with Crippen LogP contribution in [0.2, 0.25) is 0 Å². The summed E-state index contributed by atoms with van der Waals surface area (Å²) in [6.07, 6.45) is 6.95. The molecule has 2 heteroatoms. The van der Waals surface area contributed by atoms with Gasteiger partial charge < -0.3 is 5.73 Å². The highest BCUT2D eigenvalue weighted by Gasteiger charge is 2.20. The molecule has 92 valence electrons. The minimum Gasteiger partial charge on any atom is -0.330 e. The van der Waals surface area contributed by atoms with E-state index in [1.807, 2.05) is 26.0 Å². The number of allylic oxidation sites excluding steroid dienone is 2. The summed E-state index contributed by atoms with van der Waals surface area (Å²) in [5.74, 6) is 0.686. The van der Waals surface area contributed by atoms with E-state index >= 15 is 0 Å². The average molecular weight is 222 g/mol. The maximum absolute atomic E-state index is 5.63. The summed E-state index contributed by atoms with van der Waals surface area (Å²) in [5.41, 5.74) is 6.77. The fourth-order valence-corrected chi connectivity index (χ4v) is 1.79. The Morgan fingerprint density at radius 1 is 1.50 bits per heavy atom. The van der Waals surface area contributed by atoms with Crippen LogP contribution in [0.5, 0.6) is 0 Å². The van der Waals surface area contributed by atoms with Gasteiger partial charge in [-0.3, -0.25) is 4.90 Å². The van der Waals surface area contributed by atoms with Crippen molar-refractivity contribution in [3.05, 3.63) is 37.0 Å². The smallest absolute Gasteiger partial charge is 0.0227 e. The molecule has 2 nitrogen and oxygen atoms in total. The Kier molecular flexibility index (Phi) is 8.87. The summed E-state index contributed by atoms with van der Waals surface area (Å²) in [5, 5.41) is 0. The fourth-order valence-electron chi connectivity index (χ4n) is 1.79. The van der Waals surface area contributed by atoms with Gasteiger partial charge in [0.05, 0.1) is 0 Å². The monoisotopic (exact) mass is 222 g/mol. The Balaban J connectivity index is 0.00000106. The first-order valence-corrected chi connectivity index (χ1v) is 6.15. The summed E-state index contributed by atoms with van der Waals surface area (Å²) >= 11 is 0. The molecule has 0 spiro atoms. The van der Waals surface area contributed by atoms with Gasteiger partial charge in [-0.25, -0.2) is 0 Å². The van der Waals surface area contributed by atoms with E-state index in [2.05, 4.69) is 18.1 Å². The third-order valence-electron chi connectivity index (χ3n) is 2.60. The van der Waals surface area contributed by atoms with Crippen molar-refractivity contribution in [1.29, 1.82) is 0 Å². The number of nitrogens with zero attached hydrogens (tertiary/aromatic N) is 1. The van der Waals surface area contributed by atoms with Crippen LogP contribution in [0.25, 0.3) is 0 Å². The molecule has 0 aromatic rings. The summed E-state index contributed by atoms with van der Waals surface area (Å²) in [6.45, 7) is 15.7. The van der Waals surface area contributed by atoms with Gasteiger partial charge in [-0.05, 0) is 31.0 Å². The molecule has 0 radical (unpaired) electrons. The van der Waals surface area contributed by atoms with Crippen LogP contribution in [0.15, 0.2) is 37.0 Å². The normalized spacial score (nSPS) is 20.6. The lowest BCUT2D eigenvalue weighted by Crippen LogP contribution is -2.24. The second-order valence-corrected chi connectivity index (χ2v) is 3.88. The molecule has 0 saturated carbocycles. The van der Waals surface area contributed by atoms with Gasteiger partial charge >= 0.3 is 0 Å². The highest BCUT2D eigenvalue weighted by Crippen LogP contribution is 2.15. The first-order valence-electron chi connectivity index (χ1n) is 6.15. The van der Waals surface area contributed by atoms with Crippen LogP contribution in [0.1, 0.15) is 20.3 Å². The fraction of sp³-hybridized carbons (Fsp3) is 0.571. The molecule has 0 aromatic heterocycles. The van der Waals surface area contributed by atoms with E-state index in [1.165, 1.54) is 6.42 Å². The predicted molar refractivity (Wildman–Crippen MR) is 73.4 cm³/mol. The van der Waals surface area contributed by atoms with Crippen molar-refractivity contribution >= 4 is 0 Å². The van der Waals surface area contributed by atoms with E-state index in [-0.39, 0.29) is 0 Å². The molecule has 1 unspecified atom stereocenters. The molecule has 1 aliphatic heterocycles. The topological polar surface area (TPSA) is 29.3 Å². The largest absolute Gasteiger partial charge is 0.330 e. The molecule has 0 bridgehead atoms. The molecule has 2 N–H and O–H groups in total. The molecule has 1 atom stereocenters. The SMILES string of the molecule is C=C/C=C\C(=C)CN1CCC(CN)C1.CC. The summed E-state index contributed by atoms with van der Waals surface area (Å²) in [7, 11) is 0. The number of hydrogen-bond donors (Lipinski definition) is 1. The number of hydrogen-bond acceptors (Lipinski definition) is 2. The molecular formula is C14H26N2. The van der Waals surface area contributed by atoms with Gasteiger partial charge in [0.25, 0.3) is 0 Å². The van der Waals surface area contributed by atoms with Crippen molar-refractivity contribution in [3.63, 3.8) is 0 Å². The van der Waals surface area contributed by atoms with Gasteiger partial charge in [-0.2, -0.15) is 0 Å². The minimum atomic E-state index is 0.686. The second-order valence-electron chi connectivity index (χ2n) is 3.88. The molecule has 1 saturated heterocycles. The quantitative estimate of drug-likeness (QED) is 0.724. The Labute approximate surface area is 101 Å². The van der Waals surface area contributed by atoms with Crippen LogP contribution in [0.4, 0.5) is 0 Å². The zero-order valence-corrected chi connectivity index (χ0v) is 10.8. The van der Waals surface area contributed by atoms with E-state index in [4.69, 9.17) is 5.73 Å². The van der Waals surface area contributed by atoms with E-state index in [0.717, 1.165) is 31.8 Å². The van der Waals surface area contributed by atoms with Gasteiger partial charge in [0.2, 0.25) is 0 Å². The van der Waals surface area contributed by atoms with Gasteiger partial charge in [0.15, 0.2) is 0 Å². The lowest BCUT2D eigenvalue weighted by molar-refractivity contribution is 0.355. The lowest BCUT2D eigenvalue weighted by atomic mass is 10.1. The Bertz CT molecular complexity index is 231. The van der Waals surface area contributed by atoms with E-state index < -0.39 is 0 Å². The molecule has 1 fully saturated rings. The minimum absolute atomic E-state index is 0.686. The third-order valence-corrected chi connectivity index (χ3v) is 2.60. The molecule has 16 heavy (non-hydrogen) atoms. The zero-order valence-electron chi connectivity index (χ0n) is 10.8. The van der Waals surface area contributed by atoms with Crippen molar-refractivity contribution in [2.24, 2.45) is 11.7 Å². The van der Waals surface area contributed by atoms with Crippen LogP contribution in [-0.4, -0.2) is 31.1 Å². The van der Waals surface area contributed by atoms with Crippen LogP contribution in [0, 0.1) is 5.92 Å². The van der Waals surface area contributed by atoms with Crippen molar-refractivity contribution < 1.29 is 0 Å². The van der Waals surface area contributed by atoms with Crippen molar-refractivity contribution in [2.75, 3.05) is 26.2 Å². The van der Waals surface area contributed by atoms with Gasteiger partial charge in [0.1, 0.15) is 0 Å². The molecular weight excluding hydrogens is 196 g/mol. The van der Waals surface area contributed by atoms with E-state index in [9.17, 15) is 0 Å². The van der Waals surface area contributed by atoms with E-state index in [1.54, 1.807) is 6.08 Å². The standard InChI is InChI=1S/C12H20N2.C2H6/c1-3-4-5-11(2)9-14-7-6-12(8-13)10-14;1-2/h3-5,12H,1-2,6-10,13H2;1-2H3/b5-4-;. The molecule has 0 amide bonds. The summed E-state index contributed by atoms with van der Waals surface area (Å²) in [4.78, 5) is 2.41. The molecule has 1 rings (SSSR count). The zero-order chi connectivity index (χ0) is 12.4. The lowest BCUT2D eigenvalue weighted by Gasteiger charge is -2.15. The first kappa shape index (κ1) is 15.1. The molecule has 1 heterocycles. The van der Waals surface area contributed by atoms with Crippen molar-refractivity contribution in [1.82, 2.24) is 4.90 Å². The highest BCUT2D eigenvalue weighted by molar-refractivity contribution is 5.19. The molecule has 0 aromatic carbocycles.